The smallest absolute Gasteiger partial charge is 0.289 e. The number of nitrogen functional groups attached to an aromatic ring is 1. The summed E-state index contributed by atoms with van der Waals surface area (Å²) >= 11 is 0. The molecule has 0 unspecified atom stereocenters. The minimum atomic E-state index is 0.191. The number of aromatic nitrogens is 1. The highest BCUT2D eigenvalue weighted by atomic mass is 16.5. The van der Waals surface area contributed by atoms with Crippen LogP contribution in [0.15, 0.2) is 54.6 Å². The largest absolute Gasteiger partial charge is 0.508 e. The SMILES string of the molecule is COc1ccc(-c2cc(-c3ccc(O)cc3)[nH+]c(N)c2C#N)cc1. The number of aromatic hydroxyl groups is 1. The van der Waals surface area contributed by atoms with Crippen LogP contribution in [0.5, 0.6) is 11.5 Å². The average Bonchev–Trinajstić information content (AvgIpc) is 2.61. The molecule has 3 rings (SSSR count). The number of methoxy groups -OCH3 is 1. The third-order valence-corrected chi connectivity index (χ3v) is 3.79. The Bertz CT molecular complexity index is 911. The van der Waals surface area contributed by atoms with Crippen LogP contribution in [0.2, 0.25) is 0 Å². The van der Waals surface area contributed by atoms with Gasteiger partial charge in [-0.3, -0.25) is 5.73 Å². The van der Waals surface area contributed by atoms with Gasteiger partial charge in [0.2, 0.25) is 0 Å². The maximum Gasteiger partial charge on any atom is 0.289 e. The van der Waals surface area contributed by atoms with Gasteiger partial charge in [0.15, 0.2) is 0 Å². The zero-order valence-electron chi connectivity index (χ0n) is 13.1. The predicted octanol–water partition coefficient (Wildman–Crippen LogP) is 3.00. The van der Waals surface area contributed by atoms with E-state index in [0.29, 0.717) is 11.4 Å². The molecule has 0 atom stereocenters. The molecule has 0 saturated carbocycles. The summed E-state index contributed by atoms with van der Waals surface area (Å²) in [5.41, 5.74) is 9.66. The Morgan fingerprint density at radius 2 is 1.67 bits per heavy atom. The summed E-state index contributed by atoms with van der Waals surface area (Å²) < 4.78 is 5.17. The predicted molar refractivity (Wildman–Crippen MR) is 91.2 cm³/mol. The molecule has 0 aliphatic rings. The summed E-state index contributed by atoms with van der Waals surface area (Å²) in [7, 11) is 1.61. The number of ether oxygens (including phenoxy) is 1. The number of H-pyrrole nitrogens is 1. The van der Waals surface area contributed by atoms with Gasteiger partial charge in [-0.2, -0.15) is 5.26 Å². The second-order valence-electron chi connectivity index (χ2n) is 5.27. The standard InChI is InChI=1S/C19H15N3O2/c1-24-15-8-4-12(5-9-15)16-10-18(22-19(21)17(16)11-20)13-2-6-14(23)7-3-13/h2-10,23H,1H3,(H2,21,22)/p+1. The molecule has 2 aromatic carbocycles. The van der Waals surface area contributed by atoms with E-state index in [4.69, 9.17) is 10.5 Å². The Labute approximate surface area is 139 Å². The van der Waals surface area contributed by atoms with Crippen molar-refractivity contribution in [2.45, 2.75) is 0 Å². The number of nitrogens with two attached hydrogens (primary N) is 1. The van der Waals surface area contributed by atoms with Gasteiger partial charge < -0.3 is 9.84 Å². The molecule has 0 aliphatic heterocycles. The van der Waals surface area contributed by atoms with Crippen LogP contribution in [0.4, 0.5) is 5.82 Å². The number of benzene rings is 2. The highest BCUT2D eigenvalue weighted by Crippen LogP contribution is 2.30. The first-order chi connectivity index (χ1) is 11.6. The van der Waals surface area contributed by atoms with Gasteiger partial charge in [0.1, 0.15) is 28.8 Å². The highest BCUT2D eigenvalue weighted by Gasteiger charge is 2.17. The number of nitrogens with one attached hydrogen (secondary N) is 1. The zero-order chi connectivity index (χ0) is 17.1. The molecule has 3 aromatic rings. The summed E-state index contributed by atoms with van der Waals surface area (Å²) in [5, 5.41) is 18.9. The summed E-state index contributed by atoms with van der Waals surface area (Å²) in [6.07, 6.45) is 0. The Kier molecular flexibility index (Phi) is 4.04. The van der Waals surface area contributed by atoms with Crippen molar-refractivity contribution in [3.8, 4) is 40.0 Å². The number of nitriles is 1. The van der Waals surface area contributed by atoms with Crippen LogP contribution in [-0.2, 0) is 0 Å². The Morgan fingerprint density at radius 1 is 1.04 bits per heavy atom. The summed E-state index contributed by atoms with van der Waals surface area (Å²) in [4.78, 5) is 3.04. The first-order valence-electron chi connectivity index (χ1n) is 7.32. The van der Waals surface area contributed by atoms with E-state index in [1.807, 2.05) is 30.3 Å². The fraction of sp³-hybridized carbons (Fsp3) is 0.0526. The third kappa shape index (κ3) is 2.85. The monoisotopic (exact) mass is 318 g/mol. The molecule has 0 amide bonds. The van der Waals surface area contributed by atoms with E-state index in [1.165, 1.54) is 0 Å². The number of phenols is 1. The molecule has 4 N–H and O–H groups in total. The second kappa shape index (κ2) is 6.31. The van der Waals surface area contributed by atoms with Gasteiger partial charge in [0.25, 0.3) is 5.82 Å². The summed E-state index contributed by atoms with van der Waals surface area (Å²) in [5.74, 6) is 1.23. The molecular formula is C19H16N3O2+. The van der Waals surface area contributed by atoms with Crippen molar-refractivity contribution >= 4 is 5.82 Å². The maximum absolute atomic E-state index is 9.45. The summed E-state index contributed by atoms with van der Waals surface area (Å²) in [6.45, 7) is 0. The lowest BCUT2D eigenvalue weighted by atomic mass is 9.98. The van der Waals surface area contributed by atoms with E-state index in [2.05, 4.69) is 11.1 Å². The number of nitrogens with zero attached hydrogens (tertiary/aromatic N) is 1. The number of phenolic OH excluding ortho intramolecular Hbond substituents is 1. The lowest BCUT2D eigenvalue weighted by molar-refractivity contribution is -0.346. The summed E-state index contributed by atoms with van der Waals surface area (Å²) in [6, 6.07) is 18.2. The third-order valence-electron chi connectivity index (χ3n) is 3.79. The lowest BCUT2D eigenvalue weighted by Gasteiger charge is -2.08. The number of hydrogen-bond donors (Lipinski definition) is 2. The van der Waals surface area contributed by atoms with Crippen molar-refractivity contribution < 1.29 is 14.8 Å². The first-order valence-corrected chi connectivity index (χ1v) is 7.32. The molecule has 0 radical (unpaired) electrons. The molecule has 5 nitrogen and oxygen atoms in total. The van der Waals surface area contributed by atoms with Gasteiger partial charge in [-0.05, 0) is 48.0 Å². The maximum atomic E-state index is 9.45. The molecule has 0 bridgehead atoms. The van der Waals surface area contributed by atoms with Crippen LogP contribution in [0.1, 0.15) is 5.56 Å². The van der Waals surface area contributed by atoms with Crippen molar-refractivity contribution in [2.24, 2.45) is 0 Å². The molecule has 1 heterocycles. The number of aromatic amines is 1. The Hall–Kier alpha value is -3.52. The van der Waals surface area contributed by atoms with Crippen molar-refractivity contribution in [1.82, 2.24) is 0 Å². The van der Waals surface area contributed by atoms with Crippen molar-refractivity contribution in [2.75, 3.05) is 12.8 Å². The van der Waals surface area contributed by atoms with Gasteiger partial charge >= 0.3 is 0 Å². The first kappa shape index (κ1) is 15.4. The van der Waals surface area contributed by atoms with Crippen molar-refractivity contribution in [3.63, 3.8) is 0 Å². The van der Waals surface area contributed by atoms with Gasteiger partial charge in [-0.15, -0.1) is 0 Å². The van der Waals surface area contributed by atoms with Gasteiger partial charge in [-0.1, -0.05) is 12.1 Å². The molecule has 1 aromatic heterocycles. The molecular weight excluding hydrogens is 302 g/mol. The quantitative estimate of drug-likeness (QED) is 0.776. The molecule has 0 saturated heterocycles. The number of pyridine rings is 1. The number of rotatable bonds is 3. The lowest BCUT2D eigenvalue weighted by Crippen LogP contribution is -2.16. The Morgan fingerprint density at radius 3 is 2.25 bits per heavy atom. The van der Waals surface area contributed by atoms with Crippen molar-refractivity contribution in [1.29, 1.82) is 5.26 Å². The molecule has 24 heavy (non-hydrogen) atoms. The molecule has 5 heteroatoms. The minimum Gasteiger partial charge on any atom is -0.508 e. The average molecular weight is 318 g/mol. The van der Waals surface area contributed by atoms with E-state index in [9.17, 15) is 10.4 Å². The van der Waals surface area contributed by atoms with E-state index in [0.717, 1.165) is 28.1 Å². The van der Waals surface area contributed by atoms with E-state index >= 15 is 0 Å². The van der Waals surface area contributed by atoms with Gasteiger partial charge in [0, 0.05) is 11.1 Å². The fourth-order valence-corrected chi connectivity index (χ4v) is 2.52. The van der Waals surface area contributed by atoms with E-state index in [1.54, 1.807) is 31.4 Å². The molecule has 118 valence electrons. The molecule has 0 aliphatic carbocycles. The second-order valence-corrected chi connectivity index (χ2v) is 5.27. The molecule has 0 spiro atoms. The molecule has 0 fully saturated rings. The number of hydrogen-bond acceptors (Lipinski definition) is 4. The Balaban J connectivity index is 2.16. The normalized spacial score (nSPS) is 10.2. The van der Waals surface area contributed by atoms with Crippen LogP contribution in [-0.4, -0.2) is 12.2 Å². The van der Waals surface area contributed by atoms with E-state index in [-0.39, 0.29) is 5.75 Å². The van der Waals surface area contributed by atoms with Crippen LogP contribution in [0.25, 0.3) is 22.4 Å². The van der Waals surface area contributed by atoms with Gasteiger partial charge in [-0.25, -0.2) is 4.98 Å². The van der Waals surface area contributed by atoms with E-state index < -0.39 is 0 Å². The van der Waals surface area contributed by atoms with Crippen molar-refractivity contribution in [3.05, 3.63) is 60.2 Å². The van der Waals surface area contributed by atoms with Crippen LogP contribution in [0.3, 0.4) is 0 Å². The van der Waals surface area contributed by atoms with Crippen LogP contribution < -0.4 is 15.5 Å². The minimum absolute atomic E-state index is 0.191. The number of anilines is 1. The van der Waals surface area contributed by atoms with Crippen LogP contribution >= 0.6 is 0 Å². The fourth-order valence-electron chi connectivity index (χ4n) is 2.52. The highest BCUT2D eigenvalue weighted by molar-refractivity contribution is 5.78. The van der Waals surface area contributed by atoms with Crippen LogP contribution in [0, 0.1) is 11.3 Å². The zero-order valence-corrected chi connectivity index (χ0v) is 13.1. The van der Waals surface area contributed by atoms with Gasteiger partial charge in [0.05, 0.1) is 7.11 Å². The topological polar surface area (TPSA) is 93.4 Å².